The number of aliphatic hydroxyl groups excluding tert-OH is 1. The molecule has 1 amide bonds. The van der Waals surface area contributed by atoms with Crippen LogP contribution in [0, 0.1) is 0 Å². The van der Waals surface area contributed by atoms with Crippen LogP contribution in [0.15, 0.2) is 47.8 Å². The molecule has 1 unspecified atom stereocenters. The number of nitrogens with one attached hydrogen (secondary N) is 2. The van der Waals surface area contributed by atoms with Gasteiger partial charge in [0, 0.05) is 6.54 Å². The summed E-state index contributed by atoms with van der Waals surface area (Å²) in [6.07, 6.45) is -5.46. The SMILES string of the molecule is O=C(NCC(O)COc1ccc(C(F)(F)F)cc1)c1cc(-c2cccs2)[nH]n1. The Bertz CT molecular complexity index is 908. The molecule has 148 valence electrons. The maximum absolute atomic E-state index is 12.5. The van der Waals surface area contributed by atoms with Gasteiger partial charge in [0.15, 0.2) is 5.69 Å². The average Bonchev–Trinajstić information content (AvgIpc) is 3.35. The number of halogens is 3. The highest BCUT2D eigenvalue weighted by atomic mass is 32.1. The highest BCUT2D eigenvalue weighted by molar-refractivity contribution is 7.13. The van der Waals surface area contributed by atoms with Crippen LogP contribution in [0.5, 0.6) is 5.75 Å². The van der Waals surface area contributed by atoms with Crippen molar-refractivity contribution < 1.29 is 27.8 Å². The van der Waals surface area contributed by atoms with Gasteiger partial charge in [0.05, 0.1) is 16.1 Å². The summed E-state index contributed by atoms with van der Waals surface area (Å²) in [6.45, 7) is -0.284. The Labute approximate surface area is 162 Å². The van der Waals surface area contributed by atoms with Crippen molar-refractivity contribution >= 4 is 17.2 Å². The number of carbonyl (C=O) groups is 1. The van der Waals surface area contributed by atoms with Crippen molar-refractivity contribution in [2.75, 3.05) is 13.2 Å². The number of alkyl halides is 3. The highest BCUT2D eigenvalue weighted by Crippen LogP contribution is 2.30. The van der Waals surface area contributed by atoms with Crippen molar-refractivity contribution in [3.8, 4) is 16.3 Å². The van der Waals surface area contributed by atoms with Gasteiger partial charge in [-0.25, -0.2) is 0 Å². The van der Waals surface area contributed by atoms with E-state index in [1.54, 1.807) is 6.07 Å². The Kier molecular flexibility index (Phi) is 6.00. The number of ether oxygens (including phenoxy) is 1. The van der Waals surface area contributed by atoms with E-state index in [0.717, 1.165) is 17.0 Å². The van der Waals surface area contributed by atoms with Crippen LogP contribution < -0.4 is 10.1 Å². The first-order valence-corrected chi connectivity index (χ1v) is 9.06. The molecule has 2 heterocycles. The molecule has 3 rings (SSSR count). The lowest BCUT2D eigenvalue weighted by atomic mass is 10.2. The largest absolute Gasteiger partial charge is 0.491 e. The van der Waals surface area contributed by atoms with Gasteiger partial charge in [-0.15, -0.1) is 11.3 Å². The van der Waals surface area contributed by atoms with Gasteiger partial charge in [-0.1, -0.05) is 6.07 Å². The lowest BCUT2D eigenvalue weighted by molar-refractivity contribution is -0.137. The second-order valence-electron chi connectivity index (χ2n) is 5.84. The topological polar surface area (TPSA) is 87.2 Å². The van der Waals surface area contributed by atoms with Gasteiger partial charge in [-0.05, 0) is 41.8 Å². The summed E-state index contributed by atoms with van der Waals surface area (Å²) in [5.41, 5.74) is 0.110. The van der Waals surface area contributed by atoms with E-state index in [1.807, 2.05) is 17.5 Å². The third kappa shape index (κ3) is 5.11. The molecule has 1 atom stereocenters. The molecule has 0 aliphatic heterocycles. The molecule has 2 aromatic heterocycles. The summed E-state index contributed by atoms with van der Waals surface area (Å²) in [5, 5.41) is 21.0. The Balaban J connectivity index is 1.45. The number of aliphatic hydroxyl groups is 1. The normalized spacial score (nSPS) is 12.6. The second kappa shape index (κ2) is 8.44. The summed E-state index contributed by atoms with van der Waals surface area (Å²) in [4.78, 5) is 13.0. The Morgan fingerprint density at radius 2 is 2.04 bits per heavy atom. The van der Waals surface area contributed by atoms with Gasteiger partial charge in [-0.3, -0.25) is 9.89 Å². The number of amides is 1. The number of carbonyl (C=O) groups excluding carboxylic acids is 1. The van der Waals surface area contributed by atoms with Gasteiger partial charge in [-0.2, -0.15) is 18.3 Å². The zero-order valence-corrected chi connectivity index (χ0v) is 15.2. The standard InChI is InChI=1S/C18H16F3N3O3S/c19-18(20,21)11-3-5-13(6-4-11)27-10-12(25)9-22-17(26)15-8-14(23-24-15)16-2-1-7-28-16/h1-8,12,25H,9-10H2,(H,22,26)(H,23,24). The van der Waals surface area contributed by atoms with Gasteiger partial charge in [0.2, 0.25) is 0 Å². The van der Waals surface area contributed by atoms with Crippen LogP contribution in [-0.2, 0) is 6.18 Å². The van der Waals surface area contributed by atoms with E-state index in [0.29, 0.717) is 5.69 Å². The van der Waals surface area contributed by atoms with Crippen LogP contribution in [0.2, 0.25) is 0 Å². The van der Waals surface area contributed by atoms with Crippen LogP contribution in [0.4, 0.5) is 13.2 Å². The van der Waals surface area contributed by atoms with Crippen LogP contribution in [0.3, 0.4) is 0 Å². The predicted octanol–water partition coefficient (Wildman–Crippen LogP) is 3.33. The van der Waals surface area contributed by atoms with Gasteiger partial charge >= 0.3 is 6.18 Å². The molecule has 3 N–H and O–H groups in total. The molecule has 0 bridgehead atoms. The maximum atomic E-state index is 12.5. The first kappa shape index (κ1) is 19.9. The Morgan fingerprint density at radius 1 is 1.29 bits per heavy atom. The van der Waals surface area contributed by atoms with E-state index < -0.39 is 23.8 Å². The lowest BCUT2D eigenvalue weighted by Crippen LogP contribution is -2.35. The summed E-state index contributed by atoms with van der Waals surface area (Å²) in [6, 6.07) is 9.51. The molecular weight excluding hydrogens is 395 g/mol. The smallest absolute Gasteiger partial charge is 0.416 e. The number of hydrogen-bond acceptors (Lipinski definition) is 5. The van der Waals surface area contributed by atoms with Crippen LogP contribution >= 0.6 is 11.3 Å². The average molecular weight is 411 g/mol. The van der Waals surface area contributed by atoms with Crippen molar-refractivity contribution in [3.05, 3.63) is 59.1 Å². The molecule has 0 radical (unpaired) electrons. The van der Waals surface area contributed by atoms with E-state index in [4.69, 9.17) is 4.74 Å². The minimum absolute atomic E-state index is 0.0966. The summed E-state index contributed by atoms with van der Waals surface area (Å²) in [7, 11) is 0. The van der Waals surface area contributed by atoms with Crippen LogP contribution in [0.1, 0.15) is 16.1 Å². The first-order valence-electron chi connectivity index (χ1n) is 8.18. The number of thiophene rings is 1. The monoisotopic (exact) mass is 411 g/mol. The zero-order chi connectivity index (χ0) is 20.1. The fourth-order valence-electron chi connectivity index (χ4n) is 2.29. The van der Waals surface area contributed by atoms with E-state index in [1.165, 1.54) is 23.5 Å². The van der Waals surface area contributed by atoms with Crippen molar-refractivity contribution in [3.63, 3.8) is 0 Å². The van der Waals surface area contributed by atoms with Crippen molar-refractivity contribution in [1.82, 2.24) is 15.5 Å². The minimum atomic E-state index is -4.42. The fourth-order valence-corrected chi connectivity index (χ4v) is 2.98. The number of aromatic amines is 1. The zero-order valence-electron chi connectivity index (χ0n) is 14.4. The number of nitrogens with zero attached hydrogens (tertiary/aromatic N) is 1. The van der Waals surface area contributed by atoms with Crippen molar-refractivity contribution in [2.24, 2.45) is 0 Å². The molecule has 3 aromatic rings. The summed E-state index contributed by atoms with van der Waals surface area (Å²) in [5.74, 6) is -0.279. The molecule has 6 nitrogen and oxygen atoms in total. The number of benzene rings is 1. The maximum Gasteiger partial charge on any atom is 0.416 e. The quantitative estimate of drug-likeness (QED) is 0.557. The highest BCUT2D eigenvalue weighted by Gasteiger charge is 2.30. The Hall–Kier alpha value is -2.85. The first-order chi connectivity index (χ1) is 13.3. The molecule has 0 saturated heterocycles. The summed E-state index contributed by atoms with van der Waals surface area (Å²) < 4.78 is 42.7. The van der Waals surface area contributed by atoms with E-state index in [2.05, 4.69) is 15.5 Å². The second-order valence-corrected chi connectivity index (χ2v) is 6.79. The molecule has 0 spiro atoms. The molecular formula is C18H16F3N3O3S. The molecule has 0 aliphatic rings. The number of H-pyrrole nitrogens is 1. The molecule has 0 saturated carbocycles. The van der Waals surface area contributed by atoms with Gasteiger partial charge < -0.3 is 15.2 Å². The molecule has 1 aromatic carbocycles. The van der Waals surface area contributed by atoms with E-state index in [-0.39, 0.29) is 24.6 Å². The molecule has 0 aliphatic carbocycles. The molecule has 10 heteroatoms. The fraction of sp³-hybridized carbons (Fsp3) is 0.222. The number of aromatic nitrogens is 2. The van der Waals surface area contributed by atoms with Crippen LogP contribution in [0.25, 0.3) is 10.6 Å². The molecule has 28 heavy (non-hydrogen) atoms. The van der Waals surface area contributed by atoms with Crippen molar-refractivity contribution in [1.29, 1.82) is 0 Å². The number of hydrogen-bond donors (Lipinski definition) is 3. The predicted molar refractivity (Wildman–Crippen MR) is 97.2 cm³/mol. The lowest BCUT2D eigenvalue weighted by Gasteiger charge is -2.13. The van der Waals surface area contributed by atoms with Gasteiger partial charge in [0.25, 0.3) is 5.91 Å². The third-order valence-corrected chi connectivity index (χ3v) is 4.62. The Morgan fingerprint density at radius 3 is 2.68 bits per heavy atom. The van der Waals surface area contributed by atoms with E-state index >= 15 is 0 Å². The molecule has 0 fully saturated rings. The van der Waals surface area contributed by atoms with E-state index in [9.17, 15) is 23.1 Å². The van der Waals surface area contributed by atoms with Gasteiger partial charge in [0.1, 0.15) is 18.5 Å². The number of rotatable bonds is 7. The summed E-state index contributed by atoms with van der Waals surface area (Å²) >= 11 is 1.50. The van der Waals surface area contributed by atoms with Crippen molar-refractivity contribution in [2.45, 2.75) is 12.3 Å². The minimum Gasteiger partial charge on any atom is -0.491 e. The third-order valence-electron chi connectivity index (χ3n) is 3.72. The van der Waals surface area contributed by atoms with Crippen LogP contribution in [-0.4, -0.2) is 40.5 Å².